The predicted octanol–water partition coefficient (Wildman–Crippen LogP) is 3.65. The van der Waals surface area contributed by atoms with Crippen LogP contribution in [0.4, 0.5) is 5.82 Å². The van der Waals surface area contributed by atoms with E-state index < -0.39 is 0 Å². The minimum Gasteiger partial charge on any atom is -0.384 e. The Labute approximate surface area is 162 Å². The molecule has 0 unspecified atom stereocenters. The Balaban J connectivity index is 1.61. The van der Waals surface area contributed by atoms with Gasteiger partial charge in [0, 0.05) is 23.9 Å². The fraction of sp³-hybridized carbons (Fsp3) is 0.286. The third-order valence-electron chi connectivity index (χ3n) is 5.33. The van der Waals surface area contributed by atoms with Crippen molar-refractivity contribution in [3.05, 3.63) is 75.9 Å². The summed E-state index contributed by atoms with van der Waals surface area (Å²) in [6.45, 7) is 3.37. The number of pyridine rings is 1. The van der Waals surface area contributed by atoms with Gasteiger partial charge in [-0.3, -0.25) is 4.79 Å². The van der Waals surface area contributed by atoms with Crippen LogP contribution in [0.2, 0.25) is 0 Å². The van der Waals surface area contributed by atoms with Crippen LogP contribution in [0, 0.1) is 6.92 Å². The van der Waals surface area contributed by atoms with Crippen molar-refractivity contribution >= 4 is 23.1 Å². The second-order valence-corrected chi connectivity index (χ2v) is 8.00. The Kier molecular flexibility index (Phi) is 4.66. The molecule has 2 N–H and O–H groups in total. The van der Waals surface area contributed by atoms with E-state index in [1.165, 1.54) is 5.56 Å². The molecule has 2 aromatic heterocycles. The summed E-state index contributed by atoms with van der Waals surface area (Å²) in [5.74, 6) is 0.313. The third kappa shape index (κ3) is 3.32. The van der Waals surface area contributed by atoms with Gasteiger partial charge in [-0.2, -0.15) is 0 Å². The van der Waals surface area contributed by atoms with E-state index in [4.69, 9.17) is 10.7 Å². The SMILES string of the molecule is Cc1nc(C2(c3ccccc3)CCN(C(=O)c3cccc(N)n3)CC2)cs1. The third-order valence-corrected chi connectivity index (χ3v) is 6.10. The van der Waals surface area contributed by atoms with Gasteiger partial charge in [-0.25, -0.2) is 9.97 Å². The van der Waals surface area contributed by atoms with Gasteiger partial charge in [-0.1, -0.05) is 36.4 Å². The zero-order chi connectivity index (χ0) is 18.9. The molecule has 6 heteroatoms. The van der Waals surface area contributed by atoms with Crippen LogP contribution in [0.5, 0.6) is 0 Å². The van der Waals surface area contributed by atoms with Crippen molar-refractivity contribution in [3.63, 3.8) is 0 Å². The molecule has 0 radical (unpaired) electrons. The lowest BCUT2D eigenvalue weighted by atomic mass is 9.70. The van der Waals surface area contributed by atoms with Crippen LogP contribution >= 0.6 is 11.3 Å². The molecule has 0 aliphatic carbocycles. The molecule has 27 heavy (non-hydrogen) atoms. The normalized spacial score (nSPS) is 16.3. The van der Waals surface area contributed by atoms with E-state index in [1.807, 2.05) is 17.9 Å². The number of carbonyl (C=O) groups excluding carboxylic acids is 1. The molecule has 0 bridgehead atoms. The molecule has 1 aliphatic heterocycles. The van der Waals surface area contributed by atoms with Gasteiger partial charge in [0.2, 0.25) is 0 Å². The van der Waals surface area contributed by atoms with Gasteiger partial charge in [0.25, 0.3) is 5.91 Å². The first kappa shape index (κ1) is 17.7. The first-order valence-electron chi connectivity index (χ1n) is 9.08. The first-order valence-corrected chi connectivity index (χ1v) is 9.96. The van der Waals surface area contributed by atoms with E-state index in [-0.39, 0.29) is 11.3 Å². The molecule has 3 aromatic rings. The molecule has 1 fully saturated rings. The summed E-state index contributed by atoms with van der Waals surface area (Å²) in [4.78, 5) is 23.7. The second-order valence-electron chi connectivity index (χ2n) is 6.94. The lowest BCUT2D eigenvalue weighted by Gasteiger charge is -2.41. The van der Waals surface area contributed by atoms with Gasteiger partial charge in [0.15, 0.2) is 0 Å². The molecule has 0 atom stereocenters. The number of carbonyl (C=O) groups is 1. The van der Waals surface area contributed by atoms with E-state index in [2.05, 4.69) is 34.6 Å². The molecule has 5 nitrogen and oxygen atoms in total. The smallest absolute Gasteiger partial charge is 0.272 e. The molecular formula is C21H22N4OS. The van der Waals surface area contributed by atoms with Crippen LogP contribution in [0.3, 0.4) is 0 Å². The zero-order valence-electron chi connectivity index (χ0n) is 15.3. The molecule has 3 heterocycles. The van der Waals surface area contributed by atoms with Gasteiger partial charge in [-0.05, 0) is 37.5 Å². The van der Waals surface area contributed by atoms with Crippen molar-refractivity contribution in [3.8, 4) is 0 Å². The Morgan fingerprint density at radius 1 is 1.07 bits per heavy atom. The Morgan fingerprint density at radius 3 is 2.44 bits per heavy atom. The highest BCUT2D eigenvalue weighted by Gasteiger charge is 2.40. The lowest BCUT2D eigenvalue weighted by Crippen LogP contribution is -2.46. The first-order chi connectivity index (χ1) is 13.1. The Hall–Kier alpha value is -2.73. The molecule has 1 aliphatic rings. The van der Waals surface area contributed by atoms with Crippen molar-refractivity contribution in [2.45, 2.75) is 25.2 Å². The molecule has 4 rings (SSSR count). The van der Waals surface area contributed by atoms with E-state index in [0.717, 1.165) is 23.5 Å². The van der Waals surface area contributed by atoms with Crippen LogP contribution in [0.15, 0.2) is 53.9 Å². The number of thiazole rings is 1. The maximum Gasteiger partial charge on any atom is 0.272 e. The molecule has 1 saturated heterocycles. The van der Waals surface area contributed by atoms with Gasteiger partial charge in [0.1, 0.15) is 11.5 Å². The van der Waals surface area contributed by atoms with Crippen LogP contribution < -0.4 is 5.73 Å². The number of nitrogens with zero attached hydrogens (tertiary/aromatic N) is 3. The topological polar surface area (TPSA) is 72.1 Å². The maximum absolute atomic E-state index is 12.8. The number of aromatic nitrogens is 2. The van der Waals surface area contributed by atoms with Crippen molar-refractivity contribution in [2.24, 2.45) is 0 Å². The molecule has 1 amide bonds. The van der Waals surface area contributed by atoms with Crippen LogP contribution in [-0.4, -0.2) is 33.9 Å². The number of likely N-dealkylation sites (tertiary alicyclic amines) is 1. The van der Waals surface area contributed by atoms with E-state index in [0.29, 0.717) is 24.6 Å². The summed E-state index contributed by atoms with van der Waals surface area (Å²) < 4.78 is 0. The number of nitrogen functional groups attached to an aromatic ring is 1. The summed E-state index contributed by atoms with van der Waals surface area (Å²) >= 11 is 1.68. The van der Waals surface area contributed by atoms with Crippen molar-refractivity contribution in [2.75, 3.05) is 18.8 Å². The van der Waals surface area contributed by atoms with E-state index in [9.17, 15) is 4.79 Å². The van der Waals surface area contributed by atoms with E-state index >= 15 is 0 Å². The summed E-state index contributed by atoms with van der Waals surface area (Å²) in [6, 6.07) is 15.7. The van der Waals surface area contributed by atoms with Crippen LogP contribution in [-0.2, 0) is 5.41 Å². The summed E-state index contributed by atoms with van der Waals surface area (Å²) in [5.41, 5.74) is 8.38. The van der Waals surface area contributed by atoms with Gasteiger partial charge in [0.05, 0.1) is 10.7 Å². The summed E-state index contributed by atoms with van der Waals surface area (Å²) in [7, 11) is 0. The molecular weight excluding hydrogens is 356 g/mol. The number of hydrogen-bond donors (Lipinski definition) is 1. The largest absolute Gasteiger partial charge is 0.384 e. The minimum atomic E-state index is -0.147. The molecule has 1 aromatic carbocycles. The highest BCUT2D eigenvalue weighted by Crippen LogP contribution is 2.42. The van der Waals surface area contributed by atoms with E-state index in [1.54, 1.807) is 29.5 Å². The number of amides is 1. The molecule has 138 valence electrons. The molecule has 0 spiro atoms. The van der Waals surface area contributed by atoms with Crippen molar-refractivity contribution in [1.29, 1.82) is 0 Å². The average molecular weight is 379 g/mol. The number of anilines is 1. The fourth-order valence-electron chi connectivity index (χ4n) is 3.86. The number of rotatable bonds is 3. The van der Waals surface area contributed by atoms with Crippen LogP contribution in [0.25, 0.3) is 0 Å². The van der Waals surface area contributed by atoms with Gasteiger partial charge < -0.3 is 10.6 Å². The number of aryl methyl sites for hydroxylation is 1. The quantitative estimate of drug-likeness (QED) is 0.755. The number of nitrogens with two attached hydrogens (primary N) is 1. The predicted molar refractivity (Wildman–Crippen MR) is 108 cm³/mol. The Morgan fingerprint density at radius 2 is 1.81 bits per heavy atom. The summed E-state index contributed by atoms with van der Waals surface area (Å²) in [5, 5.41) is 3.24. The standard InChI is InChI=1S/C21H22N4OS/c1-15-23-18(14-27-15)21(16-6-3-2-4-7-16)10-12-25(13-11-21)20(26)17-8-5-9-19(22)24-17/h2-9,14H,10-13H2,1H3,(H2,22,24). The Bertz CT molecular complexity index is 946. The average Bonchev–Trinajstić information content (AvgIpc) is 3.15. The van der Waals surface area contributed by atoms with Crippen LogP contribution in [0.1, 0.15) is 39.6 Å². The number of hydrogen-bond acceptors (Lipinski definition) is 5. The fourth-order valence-corrected chi connectivity index (χ4v) is 4.57. The maximum atomic E-state index is 12.8. The van der Waals surface area contributed by atoms with Gasteiger partial charge in [-0.15, -0.1) is 11.3 Å². The number of benzene rings is 1. The second kappa shape index (κ2) is 7.12. The zero-order valence-corrected chi connectivity index (χ0v) is 16.1. The van der Waals surface area contributed by atoms with Crippen molar-refractivity contribution in [1.82, 2.24) is 14.9 Å². The lowest BCUT2D eigenvalue weighted by molar-refractivity contribution is 0.0678. The minimum absolute atomic E-state index is 0.0570. The highest BCUT2D eigenvalue weighted by atomic mass is 32.1. The summed E-state index contributed by atoms with van der Waals surface area (Å²) in [6.07, 6.45) is 1.68. The molecule has 0 saturated carbocycles. The number of piperidine rings is 1. The highest BCUT2D eigenvalue weighted by molar-refractivity contribution is 7.09. The van der Waals surface area contributed by atoms with Gasteiger partial charge >= 0.3 is 0 Å². The van der Waals surface area contributed by atoms with Crippen molar-refractivity contribution < 1.29 is 4.79 Å². The monoisotopic (exact) mass is 378 g/mol.